The molecule has 0 aliphatic carbocycles. The number of hydrogen-bond acceptors (Lipinski definition) is 8. The molecule has 1 aliphatic rings. The molecule has 1 saturated heterocycles. The highest BCUT2D eigenvalue weighted by molar-refractivity contribution is 5.84. The minimum atomic E-state index is -1.71. The Morgan fingerprint density at radius 2 is 1.88 bits per heavy atom. The van der Waals surface area contributed by atoms with Gasteiger partial charge in [0, 0.05) is 0 Å². The molecule has 0 unspecified atom stereocenters. The van der Waals surface area contributed by atoms with Crippen molar-refractivity contribution in [1.29, 1.82) is 0 Å². The van der Waals surface area contributed by atoms with Crippen LogP contribution in [0, 0.1) is 0 Å². The normalized spacial score (nSPS) is 22.3. The highest BCUT2D eigenvalue weighted by Gasteiger charge is 2.46. The maximum atomic E-state index is 15.1. The summed E-state index contributed by atoms with van der Waals surface area (Å²) in [5.74, 6) is 1.01. The second-order valence-corrected chi connectivity index (χ2v) is 7.96. The van der Waals surface area contributed by atoms with E-state index in [9.17, 15) is 5.11 Å². The van der Waals surface area contributed by atoms with Crippen LogP contribution in [0.1, 0.15) is 11.8 Å². The van der Waals surface area contributed by atoms with Crippen molar-refractivity contribution in [2.75, 3.05) is 19.5 Å². The number of ether oxygens (including phenoxy) is 3. The van der Waals surface area contributed by atoms with Gasteiger partial charge in [0.2, 0.25) is 0 Å². The van der Waals surface area contributed by atoms with Gasteiger partial charge in [-0.2, -0.15) is 0 Å². The molecule has 1 aliphatic heterocycles. The van der Waals surface area contributed by atoms with E-state index in [1.54, 1.807) is 19.2 Å². The Hall–Kier alpha value is -3.60. The quantitative estimate of drug-likeness (QED) is 0.428. The Labute approximate surface area is 194 Å². The standard InChI is InChI=1S/C24H24FN5O4/c1-32-16-10-6-5-9-15(16)22-28-21(26)19-23(29-22)30(13-27-19)24-18(25)20(31)17(34-24)12-33-11-14-7-3-2-4-8-14/h2-10,13,17-18,20,24,31H,11-12H2,1H3,(H2,26,28,29)/t17-,18+,20-,24-/m1/s1. The second-order valence-electron chi connectivity index (χ2n) is 7.96. The van der Waals surface area contributed by atoms with Crippen molar-refractivity contribution in [3.8, 4) is 17.1 Å². The molecule has 1 fully saturated rings. The third-order valence-electron chi connectivity index (χ3n) is 5.76. The molecule has 2 aromatic carbocycles. The van der Waals surface area contributed by atoms with Gasteiger partial charge in [0.05, 0.1) is 32.2 Å². The molecule has 34 heavy (non-hydrogen) atoms. The molecule has 0 radical (unpaired) electrons. The molecule has 5 rings (SSSR count). The zero-order chi connectivity index (χ0) is 23.7. The average molecular weight is 465 g/mol. The van der Waals surface area contributed by atoms with Gasteiger partial charge in [0.25, 0.3) is 0 Å². The van der Waals surface area contributed by atoms with Crippen LogP contribution in [-0.4, -0.2) is 56.7 Å². The molecule has 2 aromatic heterocycles. The number of nitrogen functional groups attached to an aromatic ring is 1. The summed E-state index contributed by atoms with van der Waals surface area (Å²) in [6, 6.07) is 16.8. The fourth-order valence-electron chi connectivity index (χ4n) is 4.01. The van der Waals surface area contributed by atoms with Crippen LogP contribution in [0.25, 0.3) is 22.6 Å². The van der Waals surface area contributed by atoms with E-state index >= 15 is 4.39 Å². The van der Waals surface area contributed by atoms with E-state index in [0.717, 1.165) is 5.56 Å². The number of anilines is 1. The zero-order valence-electron chi connectivity index (χ0n) is 18.4. The van der Waals surface area contributed by atoms with Gasteiger partial charge < -0.3 is 25.1 Å². The number of aromatic nitrogens is 4. The number of alkyl halides is 1. The summed E-state index contributed by atoms with van der Waals surface area (Å²) < 4.78 is 33.5. The minimum absolute atomic E-state index is 0.0310. The smallest absolute Gasteiger partial charge is 0.173 e. The van der Waals surface area contributed by atoms with E-state index in [4.69, 9.17) is 19.9 Å². The van der Waals surface area contributed by atoms with Crippen molar-refractivity contribution in [3.63, 3.8) is 0 Å². The molecule has 0 amide bonds. The van der Waals surface area contributed by atoms with E-state index in [-0.39, 0.29) is 12.4 Å². The van der Waals surface area contributed by atoms with Gasteiger partial charge in [0.1, 0.15) is 23.5 Å². The number of rotatable bonds is 7. The van der Waals surface area contributed by atoms with Crippen LogP contribution in [0.15, 0.2) is 60.9 Å². The van der Waals surface area contributed by atoms with Crippen LogP contribution in [0.3, 0.4) is 0 Å². The summed E-state index contributed by atoms with van der Waals surface area (Å²) in [5, 5.41) is 10.5. The number of imidazole rings is 1. The van der Waals surface area contributed by atoms with Gasteiger partial charge in [-0.05, 0) is 17.7 Å². The lowest BCUT2D eigenvalue weighted by Crippen LogP contribution is -2.31. The van der Waals surface area contributed by atoms with Gasteiger partial charge in [0.15, 0.2) is 29.7 Å². The summed E-state index contributed by atoms with van der Waals surface area (Å²) in [4.78, 5) is 13.2. The molecule has 10 heteroatoms. The van der Waals surface area contributed by atoms with Crippen LogP contribution < -0.4 is 10.5 Å². The number of aliphatic hydroxyl groups is 1. The molecular formula is C24H24FN5O4. The van der Waals surface area contributed by atoms with Gasteiger partial charge in [-0.15, -0.1) is 0 Å². The summed E-state index contributed by atoms with van der Waals surface area (Å²) in [7, 11) is 1.55. The third-order valence-corrected chi connectivity index (χ3v) is 5.76. The Balaban J connectivity index is 1.40. The monoisotopic (exact) mass is 465 g/mol. The van der Waals surface area contributed by atoms with Gasteiger partial charge in [-0.1, -0.05) is 42.5 Å². The van der Waals surface area contributed by atoms with Crippen LogP contribution >= 0.6 is 0 Å². The van der Waals surface area contributed by atoms with Crippen LogP contribution in [0.2, 0.25) is 0 Å². The van der Waals surface area contributed by atoms with Crippen molar-refractivity contribution in [2.24, 2.45) is 0 Å². The number of nitrogens with zero attached hydrogens (tertiary/aromatic N) is 4. The fourth-order valence-corrected chi connectivity index (χ4v) is 4.01. The minimum Gasteiger partial charge on any atom is -0.496 e. The number of hydrogen-bond donors (Lipinski definition) is 2. The molecule has 3 heterocycles. The van der Waals surface area contributed by atoms with E-state index in [1.807, 2.05) is 42.5 Å². The highest BCUT2D eigenvalue weighted by atomic mass is 19.1. The van der Waals surface area contributed by atoms with Crippen molar-refractivity contribution in [2.45, 2.75) is 31.2 Å². The molecule has 0 bridgehead atoms. The van der Waals surface area contributed by atoms with E-state index < -0.39 is 24.6 Å². The van der Waals surface area contributed by atoms with Crippen molar-refractivity contribution in [3.05, 3.63) is 66.5 Å². The summed E-state index contributed by atoms with van der Waals surface area (Å²) in [5.41, 5.74) is 8.34. The average Bonchev–Trinajstić information content (AvgIpc) is 3.41. The van der Waals surface area contributed by atoms with Crippen molar-refractivity contribution >= 4 is 17.0 Å². The summed E-state index contributed by atoms with van der Waals surface area (Å²) >= 11 is 0. The number of halogens is 1. The predicted octanol–water partition coefficient (Wildman–Crippen LogP) is 2.90. The van der Waals surface area contributed by atoms with Gasteiger partial charge in [-0.25, -0.2) is 19.3 Å². The first-order chi connectivity index (χ1) is 16.6. The predicted molar refractivity (Wildman–Crippen MR) is 123 cm³/mol. The largest absolute Gasteiger partial charge is 0.496 e. The number of aliphatic hydroxyl groups excluding tert-OH is 1. The molecular weight excluding hydrogens is 441 g/mol. The number of para-hydroxylation sites is 1. The molecule has 9 nitrogen and oxygen atoms in total. The van der Waals surface area contributed by atoms with Crippen LogP contribution in [0.4, 0.5) is 10.2 Å². The first kappa shape index (κ1) is 22.2. The Bertz CT molecular complexity index is 1290. The third kappa shape index (κ3) is 4.07. The summed E-state index contributed by atoms with van der Waals surface area (Å²) in [6.07, 6.45) is -3.70. The van der Waals surface area contributed by atoms with Crippen molar-refractivity contribution in [1.82, 2.24) is 19.5 Å². The molecule has 3 N–H and O–H groups in total. The maximum absolute atomic E-state index is 15.1. The lowest BCUT2D eigenvalue weighted by atomic mass is 10.1. The Kier molecular flexibility index (Phi) is 6.10. The van der Waals surface area contributed by atoms with E-state index in [0.29, 0.717) is 34.9 Å². The summed E-state index contributed by atoms with van der Waals surface area (Å²) in [6.45, 7) is 0.359. The first-order valence-electron chi connectivity index (χ1n) is 10.8. The second kappa shape index (κ2) is 9.34. The van der Waals surface area contributed by atoms with E-state index in [1.165, 1.54) is 10.9 Å². The highest BCUT2D eigenvalue weighted by Crippen LogP contribution is 2.35. The molecule has 176 valence electrons. The molecule has 4 aromatic rings. The Morgan fingerprint density at radius 1 is 1.12 bits per heavy atom. The van der Waals surface area contributed by atoms with Crippen LogP contribution in [0.5, 0.6) is 5.75 Å². The van der Waals surface area contributed by atoms with Gasteiger partial charge >= 0.3 is 0 Å². The lowest BCUT2D eigenvalue weighted by Gasteiger charge is -2.16. The number of methoxy groups -OCH3 is 1. The molecule has 4 atom stereocenters. The molecule has 0 spiro atoms. The first-order valence-corrected chi connectivity index (χ1v) is 10.8. The SMILES string of the molecule is COc1ccccc1-c1nc(N)c2ncn([C@@H]3O[C@H](COCc4ccccc4)[C@@H](O)[C@@H]3F)c2n1. The van der Waals surface area contributed by atoms with Crippen LogP contribution in [-0.2, 0) is 16.1 Å². The van der Waals surface area contributed by atoms with Gasteiger partial charge in [-0.3, -0.25) is 4.57 Å². The number of benzene rings is 2. The van der Waals surface area contributed by atoms with E-state index in [2.05, 4.69) is 15.0 Å². The number of fused-ring (bicyclic) bond motifs is 1. The Morgan fingerprint density at radius 3 is 2.68 bits per heavy atom. The number of nitrogens with two attached hydrogens (primary N) is 1. The van der Waals surface area contributed by atoms with Crippen molar-refractivity contribution < 1.29 is 23.7 Å². The maximum Gasteiger partial charge on any atom is 0.173 e. The lowest BCUT2D eigenvalue weighted by molar-refractivity contribution is -0.0660. The topological polar surface area (TPSA) is 118 Å². The fraction of sp³-hybridized carbons (Fsp3) is 0.292. The molecule has 0 saturated carbocycles. The zero-order valence-corrected chi connectivity index (χ0v) is 18.4.